The van der Waals surface area contributed by atoms with Gasteiger partial charge in [0.25, 0.3) is 11.6 Å². The third kappa shape index (κ3) is 4.87. The summed E-state index contributed by atoms with van der Waals surface area (Å²) >= 11 is 7.32. The molecule has 3 rings (SSSR count). The minimum Gasteiger partial charge on any atom is -0.493 e. The van der Waals surface area contributed by atoms with Crippen molar-refractivity contribution in [2.45, 2.75) is 0 Å². The van der Waals surface area contributed by atoms with Crippen molar-refractivity contribution in [1.82, 2.24) is 9.88 Å². The number of thiazole rings is 1. The molecule has 0 aliphatic carbocycles. The maximum Gasteiger partial charge on any atom is 0.282 e. The molecule has 9 nitrogen and oxygen atoms in total. The van der Waals surface area contributed by atoms with Crippen LogP contribution in [-0.2, 0) is 0 Å². The Morgan fingerprint density at radius 2 is 1.84 bits per heavy atom. The van der Waals surface area contributed by atoms with Gasteiger partial charge in [0, 0.05) is 36.3 Å². The van der Waals surface area contributed by atoms with E-state index in [0.717, 1.165) is 4.70 Å². The number of carbonyl (C=O) groups excluding carboxylic acids is 1. The lowest BCUT2D eigenvalue weighted by Gasteiger charge is -2.22. The van der Waals surface area contributed by atoms with Crippen LogP contribution in [0.4, 0.5) is 10.8 Å². The van der Waals surface area contributed by atoms with Crippen LogP contribution in [0.25, 0.3) is 10.2 Å². The molecule has 0 bridgehead atoms. The highest BCUT2D eigenvalue weighted by Gasteiger charge is 2.28. The van der Waals surface area contributed by atoms with E-state index >= 15 is 0 Å². The summed E-state index contributed by atoms with van der Waals surface area (Å²) in [5.41, 5.74) is 0.222. The van der Waals surface area contributed by atoms with E-state index in [4.69, 9.17) is 21.1 Å². The zero-order chi connectivity index (χ0) is 22.7. The van der Waals surface area contributed by atoms with Crippen molar-refractivity contribution in [2.24, 2.45) is 0 Å². The van der Waals surface area contributed by atoms with E-state index in [1.165, 1.54) is 48.7 Å². The molecular weight excluding hydrogens is 444 g/mol. The number of benzene rings is 2. The van der Waals surface area contributed by atoms with E-state index < -0.39 is 10.8 Å². The van der Waals surface area contributed by atoms with Gasteiger partial charge in [0.1, 0.15) is 5.56 Å². The number of hydrogen-bond donors (Lipinski definition) is 0. The Morgan fingerprint density at radius 1 is 1.16 bits per heavy atom. The van der Waals surface area contributed by atoms with Gasteiger partial charge in [-0.1, -0.05) is 22.9 Å². The van der Waals surface area contributed by atoms with Gasteiger partial charge in [0.05, 0.1) is 29.4 Å². The highest BCUT2D eigenvalue weighted by Crippen LogP contribution is 2.38. The fourth-order valence-corrected chi connectivity index (χ4v) is 4.10. The molecule has 0 aliphatic heterocycles. The first-order valence-electron chi connectivity index (χ1n) is 9.18. The van der Waals surface area contributed by atoms with Crippen molar-refractivity contribution >= 4 is 49.9 Å². The fourth-order valence-electron chi connectivity index (χ4n) is 2.93. The van der Waals surface area contributed by atoms with Crippen LogP contribution < -0.4 is 14.4 Å². The number of nitro benzene ring substituents is 1. The Bertz CT molecular complexity index is 1090. The van der Waals surface area contributed by atoms with Crippen LogP contribution in [0.2, 0.25) is 5.02 Å². The first-order chi connectivity index (χ1) is 14.7. The molecule has 0 atom stereocenters. The zero-order valence-electron chi connectivity index (χ0n) is 17.4. The first-order valence-corrected chi connectivity index (χ1v) is 10.4. The summed E-state index contributed by atoms with van der Waals surface area (Å²) in [6.45, 7) is 0.812. The predicted molar refractivity (Wildman–Crippen MR) is 121 cm³/mol. The van der Waals surface area contributed by atoms with Gasteiger partial charge in [-0.2, -0.15) is 0 Å². The Kier molecular flexibility index (Phi) is 6.94. The number of anilines is 1. The molecule has 1 amide bonds. The van der Waals surface area contributed by atoms with Gasteiger partial charge in [-0.05, 0) is 26.2 Å². The van der Waals surface area contributed by atoms with Crippen LogP contribution >= 0.6 is 22.9 Å². The first kappa shape index (κ1) is 22.7. The molecule has 0 saturated heterocycles. The van der Waals surface area contributed by atoms with Crippen LogP contribution in [0, 0.1) is 10.1 Å². The molecule has 0 saturated carbocycles. The fraction of sp³-hybridized carbons (Fsp3) is 0.300. The van der Waals surface area contributed by atoms with Crippen molar-refractivity contribution in [3.63, 3.8) is 0 Å². The number of ether oxygens (including phenoxy) is 2. The Balaban J connectivity index is 2.10. The Labute approximate surface area is 187 Å². The number of nitro groups is 1. The molecule has 0 spiro atoms. The van der Waals surface area contributed by atoms with Gasteiger partial charge in [-0.3, -0.25) is 19.8 Å². The van der Waals surface area contributed by atoms with Crippen LogP contribution in [0.15, 0.2) is 30.3 Å². The summed E-state index contributed by atoms with van der Waals surface area (Å²) in [6, 6.07) is 7.44. The minimum absolute atomic E-state index is 0.0920. The number of likely N-dealkylation sites (N-methyl/N-ethyl adjacent to an activating group) is 1. The lowest BCUT2D eigenvalue weighted by molar-refractivity contribution is -0.385. The van der Waals surface area contributed by atoms with Gasteiger partial charge in [0.2, 0.25) is 0 Å². The molecule has 31 heavy (non-hydrogen) atoms. The number of aromatic nitrogens is 1. The van der Waals surface area contributed by atoms with Crippen molar-refractivity contribution in [1.29, 1.82) is 0 Å². The maximum atomic E-state index is 13.4. The third-order valence-electron chi connectivity index (χ3n) is 4.52. The summed E-state index contributed by atoms with van der Waals surface area (Å²) in [6.07, 6.45) is 0. The van der Waals surface area contributed by atoms with Crippen molar-refractivity contribution < 1.29 is 19.2 Å². The standard InChI is InChI=1S/C20H21ClN4O5S/c1-23(2)7-8-24(19(26)13-9-12(21)5-6-15(13)25(27)28)20-22-14-10-16(29-3)17(30-4)11-18(14)31-20/h5-6,9-11H,7-8H2,1-4H3. The van der Waals surface area contributed by atoms with Gasteiger partial charge < -0.3 is 14.4 Å². The molecule has 0 radical (unpaired) electrons. The van der Waals surface area contributed by atoms with Crippen LogP contribution in [0.1, 0.15) is 10.4 Å². The molecule has 3 aromatic rings. The number of fused-ring (bicyclic) bond motifs is 1. The monoisotopic (exact) mass is 464 g/mol. The van der Waals surface area contributed by atoms with E-state index in [2.05, 4.69) is 4.98 Å². The number of methoxy groups -OCH3 is 2. The average molecular weight is 465 g/mol. The number of nitrogens with zero attached hydrogens (tertiary/aromatic N) is 4. The van der Waals surface area contributed by atoms with Gasteiger partial charge in [-0.25, -0.2) is 4.98 Å². The van der Waals surface area contributed by atoms with Crippen LogP contribution in [-0.4, -0.2) is 62.1 Å². The van der Waals surface area contributed by atoms with Crippen molar-refractivity contribution in [3.8, 4) is 11.5 Å². The third-order valence-corrected chi connectivity index (χ3v) is 5.79. The molecule has 164 valence electrons. The van der Waals surface area contributed by atoms with Gasteiger partial charge in [-0.15, -0.1) is 0 Å². The number of carbonyl (C=O) groups is 1. The molecule has 0 aliphatic rings. The van der Waals surface area contributed by atoms with Crippen LogP contribution in [0.5, 0.6) is 11.5 Å². The number of halogens is 1. The predicted octanol–water partition coefficient (Wildman–Crippen LogP) is 4.08. The second-order valence-corrected chi connectivity index (χ2v) is 8.30. The molecule has 0 fully saturated rings. The van der Waals surface area contributed by atoms with Crippen molar-refractivity contribution in [2.75, 3.05) is 46.3 Å². The van der Waals surface area contributed by atoms with E-state index in [0.29, 0.717) is 28.7 Å². The average Bonchev–Trinajstić information content (AvgIpc) is 3.14. The minimum atomic E-state index is -0.595. The summed E-state index contributed by atoms with van der Waals surface area (Å²) in [4.78, 5) is 32.2. The van der Waals surface area contributed by atoms with E-state index in [1.807, 2.05) is 19.0 Å². The maximum absolute atomic E-state index is 13.4. The normalized spacial score (nSPS) is 11.0. The Morgan fingerprint density at radius 3 is 2.45 bits per heavy atom. The highest BCUT2D eigenvalue weighted by atomic mass is 35.5. The lowest BCUT2D eigenvalue weighted by atomic mass is 10.1. The summed E-state index contributed by atoms with van der Waals surface area (Å²) in [5.74, 6) is 0.513. The molecule has 0 N–H and O–H groups in total. The SMILES string of the molecule is COc1cc2nc(N(CCN(C)C)C(=O)c3cc(Cl)ccc3[N+](=O)[O-])sc2cc1OC. The zero-order valence-corrected chi connectivity index (χ0v) is 19.0. The highest BCUT2D eigenvalue weighted by molar-refractivity contribution is 7.22. The number of amides is 1. The summed E-state index contributed by atoms with van der Waals surface area (Å²) in [5, 5.41) is 12.1. The topological polar surface area (TPSA) is 98.0 Å². The van der Waals surface area contributed by atoms with E-state index in [-0.39, 0.29) is 22.8 Å². The van der Waals surface area contributed by atoms with Gasteiger partial charge in [0.15, 0.2) is 16.6 Å². The molecule has 1 heterocycles. The summed E-state index contributed by atoms with van der Waals surface area (Å²) < 4.78 is 11.5. The number of rotatable bonds is 8. The molecule has 11 heteroatoms. The largest absolute Gasteiger partial charge is 0.493 e. The van der Waals surface area contributed by atoms with Crippen LogP contribution in [0.3, 0.4) is 0 Å². The molecule has 1 aromatic heterocycles. The lowest BCUT2D eigenvalue weighted by Crippen LogP contribution is -2.37. The molecule has 2 aromatic carbocycles. The van der Waals surface area contributed by atoms with Crippen molar-refractivity contribution in [3.05, 3.63) is 51.0 Å². The second kappa shape index (κ2) is 9.46. The smallest absolute Gasteiger partial charge is 0.282 e. The molecular formula is C20H21ClN4O5S. The molecule has 0 unspecified atom stereocenters. The Hall–Kier alpha value is -2.95. The summed E-state index contributed by atoms with van der Waals surface area (Å²) in [7, 11) is 6.82. The van der Waals surface area contributed by atoms with E-state index in [9.17, 15) is 14.9 Å². The number of hydrogen-bond acceptors (Lipinski definition) is 8. The second-order valence-electron chi connectivity index (χ2n) is 6.85. The van der Waals surface area contributed by atoms with E-state index in [1.54, 1.807) is 12.1 Å². The quantitative estimate of drug-likeness (QED) is 0.366. The van der Waals surface area contributed by atoms with Gasteiger partial charge >= 0.3 is 0 Å².